The Hall–Kier alpha value is -3.84. The molecule has 4 rings (SSSR count). The van der Waals surface area contributed by atoms with E-state index in [1.807, 2.05) is 85.8 Å². The van der Waals surface area contributed by atoms with Gasteiger partial charge in [-0.25, -0.2) is 4.79 Å². The highest BCUT2D eigenvalue weighted by Crippen LogP contribution is 2.21. The van der Waals surface area contributed by atoms with Crippen molar-refractivity contribution in [3.8, 4) is 0 Å². The Morgan fingerprint density at radius 2 is 1.49 bits per heavy atom. The maximum atomic E-state index is 13.7. The number of hydrogen-bond acceptors (Lipinski definition) is 3. The number of urea groups is 1. The van der Waals surface area contributed by atoms with Crippen molar-refractivity contribution in [1.82, 2.24) is 15.1 Å². The van der Waals surface area contributed by atoms with Crippen molar-refractivity contribution in [2.75, 3.05) is 25.0 Å². The molecule has 4 amide bonds. The molecular formula is C29H31ClN4O3. The first-order valence-corrected chi connectivity index (χ1v) is 12.8. The summed E-state index contributed by atoms with van der Waals surface area (Å²) in [4.78, 5) is 43.0. The van der Waals surface area contributed by atoms with Crippen LogP contribution in [-0.2, 0) is 16.0 Å². The molecule has 1 saturated heterocycles. The molecule has 7 nitrogen and oxygen atoms in total. The third-order valence-corrected chi connectivity index (χ3v) is 6.89. The van der Waals surface area contributed by atoms with E-state index in [-0.39, 0.29) is 18.0 Å². The molecule has 3 atom stereocenters. The van der Waals surface area contributed by atoms with Crippen molar-refractivity contribution in [3.05, 3.63) is 102 Å². The molecule has 37 heavy (non-hydrogen) atoms. The van der Waals surface area contributed by atoms with Crippen LogP contribution in [0.5, 0.6) is 0 Å². The maximum absolute atomic E-state index is 13.7. The number of anilines is 1. The van der Waals surface area contributed by atoms with Crippen molar-refractivity contribution < 1.29 is 14.4 Å². The van der Waals surface area contributed by atoms with Crippen LogP contribution in [-0.4, -0.2) is 59.4 Å². The average molecular weight is 519 g/mol. The molecule has 1 fully saturated rings. The Kier molecular flexibility index (Phi) is 8.80. The number of nitrogens with one attached hydrogen (secondary N) is 2. The normalized spacial score (nSPS) is 17.0. The molecule has 1 aliphatic heterocycles. The highest BCUT2D eigenvalue weighted by molar-refractivity contribution is 6.31. The Bertz CT molecular complexity index is 1190. The van der Waals surface area contributed by atoms with Gasteiger partial charge in [0.15, 0.2) is 0 Å². The van der Waals surface area contributed by atoms with Crippen LogP contribution in [0.2, 0.25) is 0 Å². The van der Waals surface area contributed by atoms with E-state index < -0.39 is 17.3 Å². The van der Waals surface area contributed by atoms with Crippen molar-refractivity contribution in [1.29, 1.82) is 0 Å². The number of piperazine rings is 1. The lowest BCUT2D eigenvalue weighted by atomic mass is 10.0. The first kappa shape index (κ1) is 26.2. The SMILES string of the molecule is C[C@@H]1CN(C(=O)[C@@H](Cc2ccccc2)NC(=O)[C@@H](Cl)c2ccccc2)CCN1C(=O)Nc1ccccc1. The topological polar surface area (TPSA) is 81.8 Å². The number of amides is 4. The molecule has 3 aromatic carbocycles. The zero-order valence-corrected chi connectivity index (χ0v) is 21.5. The summed E-state index contributed by atoms with van der Waals surface area (Å²) in [6.45, 7) is 3.04. The smallest absolute Gasteiger partial charge is 0.322 e. The number of benzene rings is 3. The van der Waals surface area contributed by atoms with E-state index in [0.29, 0.717) is 31.6 Å². The fourth-order valence-electron chi connectivity index (χ4n) is 4.46. The van der Waals surface area contributed by atoms with Crippen LogP contribution in [0.25, 0.3) is 0 Å². The minimum Gasteiger partial charge on any atom is -0.342 e. The molecule has 0 spiro atoms. The molecule has 1 heterocycles. The molecule has 192 valence electrons. The quantitative estimate of drug-likeness (QED) is 0.453. The number of hydrogen-bond donors (Lipinski definition) is 2. The van der Waals surface area contributed by atoms with Crippen LogP contribution >= 0.6 is 11.6 Å². The molecule has 3 aromatic rings. The van der Waals surface area contributed by atoms with Gasteiger partial charge >= 0.3 is 6.03 Å². The molecule has 0 unspecified atom stereocenters. The summed E-state index contributed by atoms with van der Waals surface area (Å²) in [6.07, 6.45) is 0.340. The summed E-state index contributed by atoms with van der Waals surface area (Å²) in [5, 5.41) is 4.88. The minimum absolute atomic E-state index is 0.191. The van der Waals surface area contributed by atoms with Gasteiger partial charge in [-0.3, -0.25) is 9.59 Å². The molecular weight excluding hydrogens is 488 g/mol. The first-order chi connectivity index (χ1) is 17.9. The van der Waals surface area contributed by atoms with Crippen molar-refractivity contribution in [2.45, 2.75) is 30.8 Å². The second kappa shape index (κ2) is 12.4. The summed E-state index contributed by atoms with van der Waals surface area (Å²) in [7, 11) is 0. The van der Waals surface area contributed by atoms with E-state index in [0.717, 1.165) is 11.3 Å². The number of alkyl halides is 1. The number of nitrogens with zero attached hydrogens (tertiary/aromatic N) is 2. The fourth-order valence-corrected chi connectivity index (χ4v) is 4.67. The van der Waals surface area contributed by atoms with Crippen LogP contribution in [0, 0.1) is 0 Å². The van der Waals surface area contributed by atoms with Crippen LogP contribution < -0.4 is 10.6 Å². The van der Waals surface area contributed by atoms with E-state index in [9.17, 15) is 14.4 Å². The Balaban J connectivity index is 1.43. The van der Waals surface area contributed by atoms with Crippen LogP contribution in [0.15, 0.2) is 91.0 Å². The summed E-state index contributed by atoms with van der Waals surface area (Å²) in [6, 6.07) is 26.7. The molecule has 0 radical (unpaired) electrons. The minimum atomic E-state index is -0.912. The highest BCUT2D eigenvalue weighted by Gasteiger charge is 2.34. The van der Waals surface area contributed by atoms with Crippen LogP contribution in [0.3, 0.4) is 0 Å². The third-order valence-electron chi connectivity index (χ3n) is 6.44. The van der Waals surface area contributed by atoms with E-state index >= 15 is 0 Å². The lowest BCUT2D eigenvalue weighted by Gasteiger charge is -2.41. The molecule has 1 aliphatic rings. The lowest BCUT2D eigenvalue weighted by molar-refractivity contribution is -0.138. The Morgan fingerprint density at radius 3 is 2.11 bits per heavy atom. The standard InChI is InChI=1S/C29H31ClN4O3/c1-21-20-33(17-18-34(21)29(37)31-24-15-9-4-10-16-24)28(36)25(19-22-11-5-2-6-12-22)32-27(35)26(30)23-13-7-3-8-14-23/h2-16,21,25-26H,17-20H2,1H3,(H,31,37)(H,32,35)/t21-,25-,26+/m1/s1. The van der Waals surface area contributed by atoms with E-state index in [1.54, 1.807) is 21.9 Å². The maximum Gasteiger partial charge on any atom is 0.322 e. The summed E-state index contributed by atoms with van der Waals surface area (Å²) >= 11 is 6.45. The zero-order valence-electron chi connectivity index (χ0n) is 20.7. The summed E-state index contributed by atoms with van der Waals surface area (Å²) in [5.74, 6) is -0.611. The van der Waals surface area contributed by atoms with Gasteiger partial charge in [0.2, 0.25) is 11.8 Å². The molecule has 0 aliphatic carbocycles. The number of rotatable bonds is 7. The van der Waals surface area contributed by atoms with E-state index in [2.05, 4.69) is 10.6 Å². The molecule has 0 bridgehead atoms. The number of halogens is 1. The van der Waals surface area contributed by atoms with Gasteiger partial charge in [-0.1, -0.05) is 78.9 Å². The second-order valence-electron chi connectivity index (χ2n) is 9.15. The third kappa shape index (κ3) is 6.89. The predicted molar refractivity (Wildman–Crippen MR) is 145 cm³/mol. The fraction of sp³-hybridized carbons (Fsp3) is 0.276. The largest absolute Gasteiger partial charge is 0.342 e. The van der Waals surface area contributed by atoms with E-state index in [4.69, 9.17) is 11.6 Å². The van der Waals surface area contributed by atoms with Crippen molar-refractivity contribution in [2.24, 2.45) is 0 Å². The Labute approximate surface area is 222 Å². The lowest BCUT2D eigenvalue weighted by Crippen LogP contribution is -2.60. The van der Waals surface area contributed by atoms with Crippen LogP contribution in [0.4, 0.5) is 10.5 Å². The van der Waals surface area contributed by atoms with Gasteiger partial charge in [-0.05, 0) is 30.2 Å². The molecule has 2 N–H and O–H groups in total. The molecule has 0 aromatic heterocycles. The van der Waals surface area contributed by atoms with Crippen molar-refractivity contribution in [3.63, 3.8) is 0 Å². The van der Waals surface area contributed by atoms with Gasteiger partial charge in [0.05, 0.1) is 0 Å². The number of para-hydroxylation sites is 1. The van der Waals surface area contributed by atoms with E-state index in [1.165, 1.54) is 0 Å². The van der Waals surface area contributed by atoms with Gasteiger partial charge in [0.25, 0.3) is 0 Å². The monoisotopic (exact) mass is 518 g/mol. The first-order valence-electron chi connectivity index (χ1n) is 12.4. The van der Waals surface area contributed by atoms with Gasteiger partial charge in [-0.2, -0.15) is 0 Å². The number of carbonyl (C=O) groups excluding carboxylic acids is 3. The molecule has 0 saturated carbocycles. The Morgan fingerprint density at radius 1 is 0.892 bits per heavy atom. The van der Waals surface area contributed by atoms with Crippen molar-refractivity contribution >= 4 is 35.1 Å². The van der Waals surface area contributed by atoms with Gasteiger partial charge < -0.3 is 20.4 Å². The summed E-state index contributed by atoms with van der Waals surface area (Å²) in [5.41, 5.74) is 2.32. The highest BCUT2D eigenvalue weighted by atomic mass is 35.5. The van der Waals surface area contributed by atoms with Crippen LogP contribution in [0.1, 0.15) is 23.4 Å². The average Bonchev–Trinajstić information content (AvgIpc) is 2.93. The zero-order chi connectivity index (χ0) is 26.2. The second-order valence-corrected chi connectivity index (χ2v) is 9.58. The van der Waals surface area contributed by atoms with Gasteiger partial charge in [0.1, 0.15) is 11.4 Å². The van der Waals surface area contributed by atoms with Gasteiger partial charge in [0, 0.05) is 37.8 Å². The molecule has 8 heteroatoms. The summed E-state index contributed by atoms with van der Waals surface area (Å²) < 4.78 is 0. The number of carbonyl (C=O) groups is 3. The predicted octanol–water partition coefficient (Wildman–Crippen LogP) is 4.46. The van der Waals surface area contributed by atoms with Gasteiger partial charge in [-0.15, -0.1) is 11.6 Å².